The lowest BCUT2D eigenvalue weighted by atomic mass is 10.1. The molecule has 0 amide bonds. The van der Waals surface area contributed by atoms with Gasteiger partial charge in [0.05, 0.1) is 11.1 Å². The molecule has 270 valence electrons. The smallest absolute Gasteiger partial charge is 0.345 e. The number of fused-ring (bicyclic) bond motifs is 6. The molecule has 0 spiro atoms. The Morgan fingerprint density at radius 3 is 1.26 bits per heavy atom. The zero-order valence-electron chi connectivity index (χ0n) is 29.4. The Kier molecular flexibility index (Phi) is 9.41. The molecule has 0 N–H and O–H groups in total. The summed E-state index contributed by atoms with van der Waals surface area (Å²) in [5.41, 5.74) is 5.13. The number of hydrogen-bond donors (Lipinski definition) is 0. The van der Waals surface area contributed by atoms with Gasteiger partial charge in [-0.15, -0.1) is 22.7 Å². The average Bonchev–Trinajstić information content (AvgIpc) is 3.67. The predicted molar refractivity (Wildman–Crippen MR) is 212 cm³/mol. The molecule has 2 heterocycles. The lowest BCUT2D eigenvalue weighted by Crippen LogP contribution is -2.12. The lowest BCUT2D eigenvalue weighted by Gasteiger charge is -2.22. The minimum absolute atomic E-state index is 0.596. The summed E-state index contributed by atoms with van der Waals surface area (Å²) in [6.07, 6.45) is -8.64. The number of thiophene rings is 2. The van der Waals surface area contributed by atoms with Gasteiger partial charge in [0, 0.05) is 77.2 Å². The monoisotopic (exact) mass is 756 g/mol. The standard InChI is InChI=1S/C22H18F3NS.C21H16F3NS/c1-13-4-8-20-17(10-13)18-12-16(6-9-21(18)27-20)26(3)19-7-5-15(11-14(19)2)22(23,24)25;1-13-3-9-19-17(11-13)18-12-16(8-10-20(18)26-19)25(2)15-6-4-14(5-7-15)21(22,23)24/h4-12H,1-3H3;3-12H,1-2H3. The highest BCUT2D eigenvalue weighted by Crippen LogP contribution is 2.40. The highest BCUT2D eigenvalue weighted by molar-refractivity contribution is 7.26. The molecule has 6 aromatic carbocycles. The van der Waals surface area contributed by atoms with Crippen molar-refractivity contribution in [2.24, 2.45) is 0 Å². The molecule has 0 unspecified atom stereocenters. The predicted octanol–water partition coefficient (Wildman–Crippen LogP) is 14.6. The zero-order valence-corrected chi connectivity index (χ0v) is 31.1. The Labute approximate surface area is 311 Å². The largest absolute Gasteiger partial charge is 0.416 e. The molecule has 0 fully saturated rings. The molecule has 0 saturated heterocycles. The number of alkyl halides is 6. The second kappa shape index (κ2) is 13.7. The van der Waals surface area contributed by atoms with Crippen LogP contribution in [0.3, 0.4) is 0 Å². The second-order valence-corrected chi connectivity index (χ2v) is 15.4. The molecule has 0 aliphatic heterocycles. The minimum Gasteiger partial charge on any atom is -0.345 e. The van der Waals surface area contributed by atoms with Crippen molar-refractivity contribution < 1.29 is 26.3 Å². The highest BCUT2D eigenvalue weighted by atomic mass is 32.1. The molecule has 2 nitrogen and oxygen atoms in total. The van der Waals surface area contributed by atoms with Gasteiger partial charge in [0.1, 0.15) is 0 Å². The van der Waals surface area contributed by atoms with E-state index < -0.39 is 23.5 Å². The van der Waals surface area contributed by atoms with Crippen molar-refractivity contribution in [2.75, 3.05) is 23.9 Å². The van der Waals surface area contributed by atoms with Crippen LogP contribution in [0.4, 0.5) is 49.1 Å². The van der Waals surface area contributed by atoms with Crippen molar-refractivity contribution in [1.29, 1.82) is 0 Å². The summed E-state index contributed by atoms with van der Waals surface area (Å²) in [4.78, 5) is 3.84. The Morgan fingerprint density at radius 1 is 0.415 bits per heavy atom. The molecule has 0 bridgehead atoms. The number of aryl methyl sites for hydroxylation is 3. The minimum atomic E-state index is -4.33. The van der Waals surface area contributed by atoms with Gasteiger partial charge in [-0.3, -0.25) is 0 Å². The molecule has 0 saturated carbocycles. The number of anilines is 4. The van der Waals surface area contributed by atoms with Gasteiger partial charge in [-0.2, -0.15) is 26.3 Å². The molecule has 10 heteroatoms. The summed E-state index contributed by atoms with van der Waals surface area (Å²) in [6, 6.07) is 34.4. The quantitative estimate of drug-likeness (QED) is 0.165. The first kappa shape index (κ1) is 36.3. The van der Waals surface area contributed by atoms with Crippen LogP contribution in [0.15, 0.2) is 115 Å². The SMILES string of the molecule is Cc1ccc2sc3ccc(N(C)c4ccc(C(F)(F)F)cc4)cc3c2c1.Cc1ccc2sc3ccc(N(C)c4ccc(C(F)(F)F)cc4C)cc3c2c1. The summed E-state index contributed by atoms with van der Waals surface area (Å²) in [6.45, 7) is 5.86. The van der Waals surface area contributed by atoms with Gasteiger partial charge >= 0.3 is 12.4 Å². The molecule has 0 atom stereocenters. The molecule has 0 aliphatic carbocycles. The summed E-state index contributed by atoms with van der Waals surface area (Å²) in [5.74, 6) is 0. The number of rotatable bonds is 4. The Balaban J connectivity index is 0.000000164. The first-order valence-electron chi connectivity index (χ1n) is 16.8. The normalized spacial score (nSPS) is 12.1. The van der Waals surface area contributed by atoms with Crippen LogP contribution in [0.25, 0.3) is 40.3 Å². The van der Waals surface area contributed by atoms with E-state index in [2.05, 4.69) is 74.5 Å². The van der Waals surface area contributed by atoms with E-state index in [1.54, 1.807) is 29.6 Å². The fraction of sp³-hybridized carbons (Fsp3) is 0.163. The Bertz CT molecular complexity index is 2620. The highest BCUT2D eigenvalue weighted by Gasteiger charge is 2.31. The van der Waals surface area contributed by atoms with E-state index in [4.69, 9.17) is 0 Å². The molecule has 8 rings (SSSR count). The van der Waals surface area contributed by atoms with Crippen molar-refractivity contribution in [2.45, 2.75) is 33.1 Å². The number of nitrogens with zero attached hydrogens (tertiary/aromatic N) is 2. The van der Waals surface area contributed by atoms with Crippen molar-refractivity contribution >= 4 is 85.8 Å². The van der Waals surface area contributed by atoms with E-state index in [1.165, 1.54) is 75.7 Å². The van der Waals surface area contributed by atoms with Gasteiger partial charge in [-0.05, 0) is 129 Å². The Morgan fingerprint density at radius 2 is 0.811 bits per heavy atom. The van der Waals surface area contributed by atoms with Crippen molar-refractivity contribution in [3.63, 3.8) is 0 Å². The summed E-state index contributed by atoms with van der Waals surface area (Å²) in [5, 5.41) is 4.78. The van der Waals surface area contributed by atoms with Crippen LogP contribution >= 0.6 is 22.7 Å². The molecular formula is C43H34F6N2S2. The van der Waals surface area contributed by atoms with Gasteiger partial charge < -0.3 is 9.80 Å². The van der Waals surface area contributed by atoms with E-state index in [-0.39, 0.29) is 0 Å². The van der Waals surface area contributed by atoms with Crippen molar-refractivity contribution in [1.82, 2.24) is 0 Å². The summed E-state index contributed by atoms with van der Waals surface area (Å²) in [7, 11) is 3.75. The lowest BCUT2D eigenvalue weighted by molar-refractivity contribution is -0.138. The van der Waals surface area contributed by atoms with Crippen LogP contribution in [-0.2, 0) is 12.4 Å². The first-order chi connectivity index (χ1) is 25.1. The average molecular weight is 757 g/mol. The van der Waals surface area contributed by atoms with Crippen LogP contribution in [0.2, 0.25) is 0 Å². The Hall–Kier alpha value is -5.06. The molecule has 53 heavy (non-hydrogen) atoms. The summed E-state index contributed by atoms with van der Waals surface area (Å²) < 4.78 is 81.9. The first-order valence-corrected chi connectivity index (χ1v) is 18.4. The third-order valence-corrected chi connectivity index (χ3v) is 11.8. The van der Waals surface area contributed by atoms with Gasteiger partial charge in [0.2, 0.25) is 0 Å². The van der Waals surface area contributed by atoms with Crippen LogP contribution in [0.1, 0.15) is 27.8 Å². The number of halogens is 6. The van der Waals surface area contributed by atoms with E-state index in [0.29, 0.717) is 11.3 Å². The van der Waals surface area contributed by atoms with Crippen molar-refractivity contribution in [3.8, 4) is 0 Å². The third-order valence-electron chi connectivity index (χ3n) is 9.46. The fourth-order valence-corrected chi connectivity index (χ4v) is 8.68. The van der Waals surface area contributed by atoms with E-state index in [0.717, 1.165) is 35.3 Å². The summed E-state index contributed by atoms with van der Waals surface area (Å²) >= 11 is 3.50. The maximum atomic E-state index is 12.9. The topological polar surface area (TPSA) is 6.48 Å². The molecule has 0 aliphatic rings. The molecule has 8 aromatic rings. The third kappa shape index (κ3) is 7.30. The van der Waals surface area contributed by atoms with Gasteiger partial charge in [0.15, 0.2) is 0 Å². The number of benzene rings is 6. The van der Waals surface area contributed by atoms with Crippen LogP contribution in [-0.4, -0.2) is 14.1 Å². The van der Waals surface area contributed by atoms with Crippen molar-refractivity contribution in [3.05, 3.63) is 143 Å². The van der Waals surface area contributed by atoms with Gasteiger partial charge in [0.25, 0.3) is 0 Å². The molecular weight excluding hydrogens is 723 g/mol. The van der Waals surface area contributed by atoms with E-state index >= 15 is 0 Å². The van der Waals surface area contributed by atoms with E-state index in [9.17, 15) is 26.3 Å². The van der Waals surface area contributed by atoms with E-state index in [1.807, 2.05) is 36.0 Å². The fourth-order valence-electron chi connectivity index (χ4n) is 6.55. The molecule has 2 aromatic heterocycles. The van der Waals surface area contributed by atoms with Crippen LogP contribution in [0, 0.1) is 20.8 Å². The van der Waals surface area contributed by atoms with Crippen LogP contribution in [0.5, 0.6) is 0 Å². The maximum Gasteiger partial charge on any atom is 0.416 e. The second-order valence-electron chi connectivity index (χ2n) is 13.2. The zero-order chi connectivity index (χ0) is 37.8. The van der Waals surface area contributed by atoms with Crippen LogP contribution < -0.4 is 9.80 Å². The van der Waals surface area contributed by atoms with Gasteiger partial charge in [-0.25, -0.2) is 0 Å². The number of hydrogen-bond acceptors (Lipinski definition) is 4. The maximum absolute atomic E-state index is 12.9. The van der Waals surface area contributed by atoms with Gasteiger partial charge in [-0.1, -0.05) is 23.3 Å². The molecule has 0 radical (unpaired) electrons.